The lowest BCUT2D eigenvalue weighted by molar-refractivity contribution is -0.134. The van der Waals surface area contributed by atoms with Crippen molar-refractivity contribution < 1.29 is 9.59 Å². The standard InChI is InChI=1S/C18H33N5O2/c1-20-7-11-22(12-8-20)17(24)15-21-9-13-23(14-10-21)18(25)19-16-5-3-2-4-6-16/h16H,2-15H2,1H3,(H,19,25). The molecule has 7 heteroatoms. The van der Waals surface area contributed by atoms with Gasteiger partial charge in [0, 0.05) is 58.4 Å². The van der Waals surface area contributed by atoms with Gasteiger partial charge in [-0.3, -0.25) is 9.69 Å². The maximum Gasteiger partial charge on any atom is 0.317 e. The van der Waals surface area contributed by atoms with E-state index in [0.717, 1.165) is 52.1 Å². The van der Waals surface area contributed by atoms with E-state index in [1.807, 2.05) is 9.80 Å². The van der Waals surface area contributed by atoms with Crippen molar-refractivity contribution in [1.29, 1.82) is 0 Å². The van der Waals surface area contributed by atoms with Gasteiger partial charge in [-0.1, -0.05) is 19.3 Å². The van der Waals surface area contributed by atoms with Crippen LogP contribution >= 0.6 is 0 Å². The topological polar surface area (TPSA) is 59.1 Å². The number of amides is 3. The second-order valence-electron chi connectivity index (χ2n) is 7.73. The van der Waals surface area contributed by atoms with Gasteiger partial charge in [0.25, 0.3) is 0 Å². The first-order valence-corrected chi connectivity index (χ1v) is 9.86. The number of carbonyl (C=O) groups excluding carboxylic acids is 2. The van der Waals surface area contributed by atoms with Crippen molar-refractivity contribution in [3.63, 3.8) is 0 Å². The Morgan fingerprint density at radius 2 is 1.44 bits per heavy atom. The van der Waals surface area contributed by atoms with E-state index in [4.69, 9.17) is 0 Å². The maximum atomic E-state index is 12.4. The Balaban J connectivity index is 1.36. The van der Waals surface area contributed by atoms with Gasteiger partial charge in [-0.15, -0.1) is 0 Å². The van der Waals surface area contributed by atoms with Gasteiger partial charge < -0.3 is 20.0 Å². The third-order valence-corrected chi connectivity index (χ3v) is 5.81. The van der Waals surface area contributed by atoms with Crippen LogP contribution in [-0.4, -0.2) is 104 Å². The molecule has 0 aromatic heterocycles. The molecule has 0 unspecified atom stereocenters. The molecule has 25 heavy (non-hydrogen) atoms. The van der Waals surface area contributed by atoms with Crippen LogP contribution in [0.3, 0.4) is 0 Å². The number of hydrogen-bond acceptors (Lipinski definition) is 4. The molecule has 3 rings (SSSR count). The largest absolute Gasteiger partial charge is 0.339 e. The van der Waals surface area contributed by atoms with E-state index in [9.17, 15) is 9.59 Å². The summed E-state index contributed by atoms with van der Waals surface area (Å²) in [5.74, 6) is 0.230. The molecular formula is C18H33N5O2. The number of urea groups is 1. The smallest absolute Gasteiger partial charge is 0.317 e. The van der Waals surface area contributed by atoms with Crippen LogP contribution in [0.4, 0.5) is 4.79 Å². The van der Waals surface area contributed by atoms with Crippen LogP contribution in [0, 0.1) is 0 Å². The molecule has 3 aliphatic rings. The molecular weight excluding hydrogens is 318 g/mol. The Hall–Kier alpha value is -1.34. The molecule has 2 heterocycles. The van der Waals surface area contributed by atoms with Gasteiger partial charge in [0.2, 0.25) is 5.91 Å². The van der Waals surface area contributed by atoms with Crippen LogP contribution in [0.15, 0.2) is 0 Å². The predicted molar refractivity (Wildman–Crippen MR) is 97.5 cm³/mol. The maximum absolute atomic E-state index is 12.4. The van der Waals surface area contributed by atoms with Crippen LogP contribution in [-0.2, 0) is 4.79 Å². The van der Waals surface area contributed by atoms with E-state index < -0.39 is 0 Å². The van der Waals surface area contributed by atoms with E-state index in [0.29, 0.717) is 25.7 Å². The highest BCUT2D eigenvalue weighted by Crippen LogP contribution is 2.17. The van der Waals surface area contributed by atoms with Crippen LogP contribution in [0.25, 0.3) is 0 Å². The summed E-state index contributed by atoms with van der Waals surface area (Å²) in [4.78, 5) is 33.1. The predicted octanol–water partition coefficient (Wildman–Crippen LogP) is 0.420. The number of nitrogens with one attached hydrogen (secondary N) is 1. The fourth-order valence-corrected chi connectivity index (χ4v) is 3.97. The second kappa shape index (κ2) is 8.85. The molecule has 3 fully saturated rings. The summed E-state index contributed by atoms with van der Waals surface area (Å²) in [5, 5.41) is 3.19. The van der Waals surface area contributed by atoms with Gasteiger partial charge in [-0.2, -0.15) is 0 Å². The second-order valence-corrected chi connectivity index (χ2v) is 7.73. The van der Waals surface area contributed by atoms with Crippen LogP contribution < -0.4 is 5.32 Å². The van der Waals surface area contributed by atoms with E-state index in [1.165, 1.54) is 19.3 Å². The molecule has 3 amide bonds. The number of likely N-dealkylation sites (N-methyl/N-ethyl adjacent to an activating group) is 1. The molecule has 1 aliphatic carbocycles. The van der Waals surface area contributed by atoms with Gasteiger partial charge in [0.05, 0.1) is 6.54 Å². The van der Waals surface area contributed by atoms with Gasteiger partial charge in [-0.05, 0) is 19.9 Å². The van der Waals surface area contributed by atoms with Crippen molar-refractivity contribution in [2.24, 2.45) is 0 Å². The van der Waals surface area contributed by atoms with E-state index in [2.05, 4.69) is 22.2 Å². The van der Waals surface area contributed by atoms with E-state index >= 15 is 0 Å². The fourth-order valence-electron chi connectivity index (χ4n) is 3.97. The number of piperazine rings is 2. The average molecular weight is 351 g/mol. The Morgan fingerprint density at radius 3 is 2.08 bits per heavy atom. The number of nitrogens with zero attached hydrogens (tertiary/aromatic N) is 4. The molecule has 142 valence electrons. The summed E-state index contributed by atoms with van der Waals surface area (Å²) < 4.78 is 0. The molecule has 0 spiro atoms. The van der Waals surface area contributed by atoms with Crippen molar-refractivity contribution in [2.45, 2.75) is 38.1 Å². The summed E-state index contributed by atoms with van der Waals surface area (Å²) in [6.07, 6.45) is 5.99. The van der Waals surface area contributed by atoms with Crippen molar-refractivity contribution in [3.05, 3.63) is 0 Å². The molecule has 2 aliphatic heterocycles. The Bertz CT molecular complexity index is 450. The van der Waals surface area contributed by atoms with Gasteiger partial charge in [0.1, 0.15) is 0 Å². The molecule has 0 bridgehead atoms. The monoisotopic (exact) mass is 351 g/mol. The van der Waals surface area contributed by atoms with Crippen molar-refractivity contribution in [3.8, 4) is 0 Å². The van der Waals surface area contributed by atoms with Gasteiger partial charge in [0.15, 0.2) is 0 Å². The lowest BCUT2D eigenvalue weighted by atomic mass is 9.96. The lowest BCUT2D eigenvalue weighted by Crippen LogP contribution is -2.56. The van der Waals surface area contributed by atoms with Crippen LogP contribution in [0.1, 0.15) is 32.1 Å². The number of rotatable bonds is 3. The summed E-state index contributed by atoms with van der Waals surface area (Å²) >= 11 is 0. The molecule has 0 aromatic carbocycles. The van der Waals surface area contributed by atoms with E-state index in [1.54, 1.807) is 0 Å². The SMILES string of the molecule is CN1CCN(C(=O)CN2CCN(C(=O)NC3CCCCC3)CC2)CC1. The quantitative estimate of drug-likeness (QED) is 0.801. The Kier molecular flexibility index (Phi) is 6.53. The Morgan fingerprint density at radius 1 is 0.840 bits per heavy atom. The lowest BCUT2D eigenvalue weighted by Gasteiger charge is -2.37. The highest BCUT2D eigenvalue weighted by molar-refractivity contribution is 5.78. The minimum Gasteiger partial charge on any atom is -0.339 e. The van der Waals surface area contributed by atoms with Crippen molar-refractivity contribution in [2.75, 3.05) is 66.0 Å². The normalized spacial score (nSPS) is 24.4. The molecule has 1 saturated carbocycles. The molecule has 7 nitrogen and oxygen atoms in total. The molecule has 0 radical (unpaired) electrons. The zero-order chi connectivity index (χ0) is 17.6. The zero-order valence-corrected chi connectivity index (χ0v) is 15.6. The number of carbonyl (C=O) groups is 2. The average Bonchev–Trinajstić information content (AvgIpc) is 2.63. The third kappa shape index (κ3) is 5.31. The highest BCUT2D eigenvalue weighted by atomic mass is 16.2. The number of hydrogen-bond donors (Lipinski definition) is 1. The van der Waals surface area contributed by atoms with Crippen LogP contribution in [0.2, 0.25) is 0 Å². The first kappa shape index (κ1) is 18.5. The molecule has 0 atom stereocenters. The van der Waals surface area contributed by atoms with Crippen LogP contribution in [0.5, 0.6) is 0 Å². The minimum atomic E-state index is 0.0805. The van der Waals surface area contributed by atoms with Crippen molar-refractivity contribution in [1.82, 2.24) is 24.9 Å². The molecule has 2 saturated heterocycles. The molecule has 0 aromatic rings. The summed E-state index contributed by atoms with van der Waals surface area (Å²) in [6, 6.07) is 0.440. The highest BCUT2D eigenvalue weighted by Gasteiger charge is 2.26. The van der Waals surface area contributed by atoms with Crippen molar-refractivity contribution >= 4 is 11.9 Å². The third-order valence-electron chi connectivity index (χ3n) is 5.81. The molecule has 1 N–H and O–H groups in total. The van der Waals surface area contributed by atoms with Gasteiger partial charge >= 0.3 is 6.03 Å². The first-order valence-electron chi connectivity index (χ1n) is 9.86. The first-order chi connectivity index (χ1) is 12.1. The minimum absolute atomic E-state index is 0.0805. The van der Waals surface area contributed by atoms with E-state index in [-0.39, 0.29) is 11.9 Å². The van der Waals surface area contributed by atoms with Gasteiger partial charge in [-0.25, -0.2) is 4.79 Å². The summed E-state index contributed by atoms with van der Waals surface area (Å²) in [6.45, 7) is 7.08. The zero-order valence-electron chi connectivity index (χ0n) is 15.6. The summed E-state index contributed by atoms with van der Waals surface area (Å²) in [5.41, 5.74) is 0. The fraction of sp³-hybridized carbons (Fsp3) is 0.889. The summed E-state index contributed by atoms with van der Waals surface area (Å²) in [7, 11) is 2.10. The Labute approximate surface area is 151 Å².